The normalized spacial score (nSPS) is 24.7. The fraction of sp³-hybridized carbons (Fsp3) is 0.481. The summed E-state index contributed by atoms with van der Waals surface area (Å²) in [5, 5.41) is 2.99. The predicted molar refractivity (Wildman–Crippen MR) is 127 cm³/mol. The molecule has 0 aliphatic carbocycles. The Morgan fingerprint density at radius 1 is 0.970 bits per heavy atom. The largest absolute Gasteiger partial charge is 0.366 e. The summed E-state index contributed by atoms with van der Waals surface area (Å²) in [5.74, 6) is 0.748. The molecule has 6 heteroatoms. The van der Waals surface area contributed by atoms with Crippen LogP contribution >= 0.6 is 0 Å². The molecule has 5 rings (SSSR count). The van der Waals surface area contributed by atoms with Gasteiger partial charge in [-0.25, -0.2) is 4.79 Å². The van der Waals surface area contributed by atoms with Gasteiger partial charge in [-0.1, -0.05) is 60.2 Å². The Hall–Kier alpha value is -2.86. The minimum absolute atomic E-state index is 0.0263. The Morgan fingerprint density at radius 3 is 2.45 bits per heavy atom. The number of hydrogen-bond acceptors (Lipinski definition) is 3. The van der Waals surface area contributed by atoms with Crippen LogP contribution in [0, 0.1) is 12.8 Å². The van der Waals surface area contributed by atoms with E-state index in [0.29, 0.717) is 24.9 Å². The summed E-state index contributed by atoms with van der Waals surface area (Å²) >= 11 is 0. The number of hydrogen-bond donors (Lipinski definition) is 1. The summed E-state index contributed by atoms with van der Waals surface area (Å²) in [6.07, 6.45) is 2.77. The van der Waals surface area contributed by atoms with E-state index in [9.17, 15) is 9.59 Å². The fourth-order valence-electron chi connectivity index (χ4n) is 5.76. The van der Waals surface area contributed by atoms with Crippen LogP contribution in [0.25, 0.3) is 0 Å². The number of fused-ring (bicyclic) bond motifs is 1. The number of rotatable bonds is 3. The number of urea groups is 1. The molecule has 3 heterocycles. The Labute approximate surface area is 195 Å². The van der Waals surface area contributed by atoms with Crippen molar-refractivity contribution in [2.24, 2.45) is 5.92 Å². The van der Waals surface area contributed by atoms with Crippen molar-refractivity contribution in [1.82, 2.24) is 15.1 Å². The Bertz CT molecular complexity index is 987. The van der Waals surface area contributed by atoms with Gasteiger partial charge in [-0.2, -0.15) is 0 Å². The first-order valence-corrected chi connectivity index (χ1v) is 12.1. The number of aryl methyl sites for hydroxylation is 1. The average Bonchev–Trinajstić information content (AvgIpc) is 2.84. The number of ether oxygens (including phenoxy) is 1. The van der Waals surface area contributed by atoms with Crippen LogP contribution in [0.15, 0.2) is 54.6 Å². The van der Waals surface area contributed by atoms with Gasteiger partial charge >= 0.3 is 6.03 Å². The molecule has 3 aliphatic rings. The average molecular weight is 448 g/mol. The molecule has 0 bridgehead atoms. The minimum Gasteiger partial charge on any atom is -0.366 e. The van der Waals surface area contributed by atoms with E-state index in [0.717, 1.165) is 32.4 Å². The maximum Gasteiger partial charge on any atom is 0.320 e. The number of nitrogens with zero attached hydrogens (tertiary/aromatic N) is 2. The van der Waals surface area contributed by atoms with Gasteiger partial charge in [0.25, 0.3) is 0 Å². The van der Waals surface area contributed by atoms with Crippen LogP contribution in [-0.2, 0) is 9.53 Å². The summed E-state index contributed by atoms with van der Waals surface area (Å²) in [6.45, 7) is 5.04. The molecule has 3 amide bonds. The third kappa shape index (κ3) is 4.76. The van der Waals surface area contributed by atoms with Gasteiger partial charge in [0.05, 0.1) is 12.1 Å². The fourth-order valence-corrected chi connectivity index (χ4v) is 5.76. The molecule has 2 aromatic rings. The Kier molecular flexibility index (Phi) is 6.36. The smallest absolute Gasteiger partial charge is 0.320 e. The highest BCUT2D eigenvalue weighted by atomic mass is 16.5. The molecular weight excluding hydrogens is 414 g/mol. The Balaban J connectivity index is 1.25. The van der Waals surface area contributed by atoms with E-state index in [2.05, 4.69) is 66.8 Å². The summed E-state index contributed by atoms with van der Waals surface area (Å²) in [5.41, 5.74) is 3.99. The van der Waals surface area contributed by atoms with Crippen molar-refractivity contribution in [3.8, 4) is 0 Å². The molecule has 0 unspecified atom stereocenters. The lowest BCUT2D eigenvalue weighted by atomic mass is 9.76. The van der Waals surface area contributed by atoms with Gasteiger partial charge < -0.3 is 19.9 Å². The summed E-state index contributed by atoms with van der Waals surface area (Å²) in [4.78, 5) is 28.9. The highest BCUT2D eigenvalue weighted by Gasteiger charge is 2.38. The molecule has 174 valence electrons. The van der Waals surface area contributed by atoms with E-state index >= 15 is 0 Å². The summed E-state index contributed by atoms with van der Waals surface area (Å²) in [6, 6.07) is 19.6. The van der Waals surface area contributed by atoms with Crippen molar-refractivity contribution < 1.29 is 14.3 Å². The van der Waals surface area contributed by atoms with E-state index in [1.54, 1.807) is 0 Å². The predicted octanol–water partition coefficient (Wildman–Crippen LogP) is 3.55. The van der Waals surface area contributed by atoms with Crippen LogP contribution in [-0.4, -0.2) is 66.7 Å². The maximum absolute atomic E-state index is 13.3. The van der Waals surface area contributed by atoms with E-state index in [1.807, 2.05) is 9.80 Å². The topological polar surface area (TPSA) is 61.9 Å². The zero-order valence-corrected chi connectivity index (χ0v) is 19.3. The summed E-state index contributed by atoms with van der Waals surface area (Å²) in [7, 11) is 0. The zero-order valence-electron chi connectivity index (χ0n) is 19.3. The number of morpholine rings is 1. The first kappa shape index (κ1) is 22.0. The quantitative estimate of drug-likeness (QED) is 0.783. The number of carbonyl (C=O) groups is 2. The van der Waals surface area contributed by atoms with Gasteiger partial charge in [-0.15, -0.1) is 0 Å². The molecule has 3 aliphatic heterocycles. The summed E-state index contributed by atoms with van der Waals surface area (Å²) < 4.78 is 5.64. The third-order valence-corrected chi connectivity index (χ3v) is 7.44. The lowest BCUT2D eigenvalue weighted by Gasteiger charge is -2.44. The molecule has 3 atom stereocenters. The molecule has 33 heavy (non-hydrogen) atoms. The van der Waals surface area contributed by atoms with Crippen LogP contribution in [0.4, 0.5) is 4.79 Å². The van der Waals surface area contributed by atoms with Crippen molar-refractivity contribution in [2.75, 3.05) is 32.8 Å². The van der Waals surface area contributed by atoms with Crippen LogP contribution in [0.3, 0.4) is 0 Å². The molecule has 0 aromatic heterocycles. The number of carbonyl (C=O) groups excluding carboxylic acids is 2. The minimum atomic E-state index is -0.0923. The zero-order chi connectivity index (χ0) is 22.8. The second-order valence-corrected chi connectivity index (χ2v) is 9.67. The lowest BCUT2D eigenvalue weighted by molar-refractivity contribution is -0.139. The van der Waals surface area contributed by atoms with Crippen LogP contribution in [0.5, 0.6) is 0 Å². The molecule has 0 spiro atoms. The van der Waals surface area contributed by atoms with Crippen LogP contribution < -0.4 is 5.32 Å². The van der Waals surface area contributed by atoms with Gasteiger partial charge in [0.1, 0.15) is 6.61 Å². The molecule has 0 radical (unpaired) electrons. The van der Waals surface area contributed by atoms with E-state index < -0.39 is 0 Å². The molecule has 2 aromatic carbocycles. The number of amides is 3. The number of benzene rings is 2. The Morgan fingerprint density at radius 2 is 1.70 bits per heavy atom. The lowest BCUT2D eigenvalue weighted by Crippen LogP contribution is -2.62. The number of likely N-dealkylation sites (tertiary alicyclic amines) is 2. The van der Waals surface area contributed by atoms with Crippen molar-refractivity contribution in [3.05, 3.63) is 71.3 Å². The van der Waals surface area contributed by atoms with Crippen molar-refractivity contribution in [3.63, 3.8) is 0 Å². The SMILES string of the molecule is Cc1cccc([C@H](c2ccccc2)C2CCN(C(=O)N3CC[C@@H]4OCC(=O)N[C@@H]4C3)CC2)c1. The molecular formula is C27H33N3O3. The highest BCUT2D eigenvalue weighted by molar-refractivity contribution is 5.79. The van der Waals surface area contributed by atoms with E-state index in [1.165, 1.54) is 16.7 Å². The van der Waals surface area contributed by atoms with Gasteiger partial charge in [-0.05, 0) is 43.2 Å². The number of nitrogens with one attached hydrogen (secondary N) is 1. The first-order chi connectivity index (χ1) is 16.1. The van der Waals surface area contributed by atoms with Crippen molar-refractivity contribution in [1.29, 1.82) is 0 Å². The molecule has 3 fully saturated rings. The van der Waals surface area contributed by atoms with E-state index in [-0.39, 0.29) is 30.7 Å². The van der Waals surface area contributed by atoms with Crippen LogP contribution in [0.1, 0.15) is 41.9 Å². The molecule has 0 saturated carbocycles. The second-order valence-electron chi connectivity index (χ2n) is 9.67. The van der Waals surface area contributed by atoms with Crippen LogP contribution in [0.2, 0.25) is 0 Å². The van der Waals surface area contributed by atoms with Gasteiger partial charge in [0.15, 0.2) is 0 Å². The first-order valence-electron chi connectivity index (χ1n) is 12.1. The molecule has 3 saturated heterocycles. The van der Waals surface area contributed by atoms with Crippen molar-refractivity contribution >= 4 is 11.9 Å². The van der Waals surface area contributed by atoms with Gasteiger partial charge in [0.2, 0.25) is 5.91 Å². The third-order valence-electron chi connectivity index (χ3n) is 7.44. The number of piperidine rings is 2. The van der Waals surface area contributed by atoms with Gasteiger partial charge in [0, 0.05) is 32.1 Å². The molecule has 6 nitrogen and oxygen atoms in total. The highest BCUT2D eigenvalue weighted by Crippen LogP contribution is 2.38. The monoisotopic (exact) mass is 447 g/mol. The second kappa shape index (κ2) is 9.56. The van der Waals surface area contributed by atoms with Crippen molar-refractivity contribution in [2.45, 2.75) is 44.2 Å². The van der Waals surface area contributed by atoms with Gasteiger partial charge in [-0.3, -0.25) is 4.79 Å². The standard InChI is InChI=1S/C27H33N3O3/c1-19-6-5-9-22(16-19)26(20-7-3-2-4-8-20)21-10-13-29(14-11-21)27(32)30-15-12-24-23(17-30)28-25(31)18-33-24/h2-9,16,21,23-24,26H,10-15,17-18H2,1H3,(H,28,31)/t23-,24+,26-/m1/s1. The molecule has 1 N–H and O–H groups in total. The van der Waals surface area contributed by atoms with E-state index in [4.69, 9.17) is 4.74 Å². The maximum atomic E-state index is 13.3.